The molecule has 2 aromatic heterocycles. The number of hydrogen-bond acceptors (Lipinski definition) is 5. The third-order valence-electron chi connectivity index (χ3n) is 7.10. The van der Waals surface area contributed by atoms with Crippen LogP contribution in [0.4, 0.5) is 5.69 Å². The van der Waals surface area contributed by atoms with Crippen molar-refractivity contribution >= 4 is 23.0 Å². The van der Waals surface area contributed by atoms with Crippen molar-refractivity contribution in [3.05, 3.63) is 103 Å². The monoisotopic (exact) mass is 526 g/mol. The van der Waals surface area contributed by atoms with E-state index < -0.39 is 0 Å². The normalized spacial score (nSPS) is 20.9. The molecule has 4 aromatic rings. The van der Waals surface area contributed by atoms with E-state index in [4.69, 9.17) is 26.4 Å². The molecule has 0 bridgehead atoms. The van der Waals surface area contributed by atoms with Crippen LogP contribution in [0.5, 0.6) is 17.2 Å². The summed E-state index contributed by atoms with van der Waals surface area (Å²) in [5, 5.41) is 4.22. The Morgan fingerprint density at radius 3 is 2.42 bits per heavy atom. The zero-order valence-corrected chi connectivity index (χ0v) is 22.0. The van der Waals surface area contributed by atoms with E-state index in [9.17, 15) is 0 Å². The smallest absolute Gasteiger partial charge is 0.174 e. The molecule has 8 heteroatoms. The summed E-state index contributed by atoms with van der Waals surface area (Å²) in [5.74, 6) is 2.29. The van der Waals surface area contributed by atoms with E-state index in [1.54, 1.807) is 7.11 Å². The van der Waals surface area contributed by atoms with Crippen molar-refractivity contribution in [3.63, 3.8) is 0 Å². The van der Waals surface area contributed by atoms with Gasteiger partial charge in [-0.2, -0.15) is 0 Å². The highest BCUT2D eigenvalue weighted by molar-refractivity contribution is 7.80. The number of rotatable bonds is 8. The molecule has 3 atom stereocenters. The molecule has 3 unspecified atom stereocenters. The van der Waals surface area contributed by atoms with Crippen molar-refractivity contribution in [2.45, 2.75) is 37.6 Å². The highest BCUT2D eigenvalue weighted by Gasteiger charge is 2.42. The van der Waals surface area contributed by atoms with Gasteiger partial charge in [0.2, 0.25) is 0 Å². The zero-order valence-electron chi connectivity index (χ0n) is 21.2. The number of hydrogen-bond donors (Lipinski definition) is 1. The van der Waals surface area contributed by atoms with Crippen molar-refractivity contribution < 1.29 is 14.2 Å². The number of anilines is 1. The van der Waals surface area contributed by atoms with E-state index in [0.29, 0.717) is 5.11 Å². The maximum Gasteiger partial charge on any atom is 0.174 e. The molecule has 0 aliphatic carbocycles. The van der Waals surface area contributed by atoms with Crippen LogP contribution in [-0.2, 0) is 11.3 Å². The third-order valence-corrected chi connectivity index (χ3v) is 7.41. The summed E-state index contributed by atoms with van der Waals surface area (Å²) >= 11 is 5.91. The van der Waals surface area contributed by atoms with Gasteiger partial charge in [-0.3, -0.25) is 4.98 Å². The average Bonchev–Trinajstić information content (AvgIpc) is 3.71. The number of methoxy groups -OCH3 is 1. The van der Waals surface area contributed by atoms with Crippen LogP contribution in [0.1, 0.15) is 36.3 Å². The van der Waals surface area contributed by atoms with Gasteiger partial charge in [0.05, 0.1) is 24.9 Å². The van der Waals surface area contributed by atoms with Crippen LogP contribution in [-0.4, -0.2) is 34.5 Å². The minimum Gasteiger partial charge on any atom is -0.497 e. The molecule has 2 fully saturated rings. The molecule has 2 aromatic carbocycles. The molecule has 0 spiro atoms. The van der Waals surface area contributed by atoms with Gasteiger partial charge in [-0.15, -0.1) is 0 Å². The lowest BCUT2D eigenvalue weighted by Gasteiger charge is -2.29. The highest BCUT2D eigenvalue weighted by Crippen LogP contribution is 2.42. The zero-order chi connectivity index (χ0) is 25.9. The molecule has 0 radical (unpaired) electrons. The van der Waals surface area contributed by atoms with Crippen molar-refractivity contribution in [1.82, 2.24) is 14.9 Å². The lowest BCUT2D eigenvalue weighted by Crippen LogP contribution is -2.31. The van der Waals surface area contributed by atoms with E-state index in [0.717, 1.165) is 54.6 Å². The van der Waals surface area contributed by atoms with Crippen LogP contribution in [0.15, 0.2) is 91.3 Å². The number of nitrogens with one attached hydrogen (secondary N) is 1. The van der Waals surface area contributed by atoms with Gasteiger partial charge < -0.3 is 29.0 Å². The molecular formula is C30H30N4O3S. The third kappa shape index (κ3) is 4.97. The Bertz CT molecular complexity index is 1370. The number of ether oxygens (including phenoxy) is 3. The van der Waals surface area contributed by atoms with E-state index in [2.05, 4.69) is 44.2 Å². The summed E-state index contributed by atoms with van der Waals surface area (Å²) in [5.41, 5.74) is 3.10. The second-order valence-electron chi connectivity index (χ2n) is 9.49. The van der Waals surface area contributed by atoms with Crippen LogP contribution in [0.2, 0.25) is 0 Å². The Labute approximate surface area is 228 Å². The van der Waals surface area contributed by atoms with Gasteiger partial charge in [0.15, 0.2) is 5.11 Å². The molecule has 2 aliphatic rings. The minimum atomic E-state index is -0.0999. The molecule has 2 saturated heterocycles. The fourth-order valence-corrected chi connectivity index (χ4v) is 5.60. The van der Waals surface area contributed by atoms with Gasteiger partial charge in [-0.1, -0.05) is 6.07 Å². The van der Waals surface area contributed by atoms with Crippen LogP contribution >= 0.6 is 12.2 Å². The SMILES string of the molecule is COc1ccc(Oc2ccc(N3C(=S)NC(c4ccccn4)C3c3cccn3CC3CCCO3)cc2)cc1. The van der Waals surface area contributed by atoms with Crippen LogP contribution in [0.25, 0.3) is 0 Å². The largest absolute Gasteiger partial charge is 0.497 e. The summed E-state index contributed by atoms with van der Waals surface area (Å²) in [6.45, 7) is 1.66. The Morgan fingerprint density at radius 1 is 0.974 bits per heavy atom. The number of thiocarbonyl (C=S) groups is 1. The second kappa shape index (κ2) is 10.8. The highest BCUT2D eigenvalue weighted by atomic mass is 32.1. The molecular weight excluding hydrogens is 496 g/mol. The lowest BCUT2D eigenvalue weighted by atomic mass is 10.0. The van der Waals surface area contributed by atoms with Gasteiger partial charge in [-0.25, -0.2) is 0 Å². The van der Waals surface area contributed by atoms with Crippen molar-refractivity contribution in [2.75, 3.05) is 18.6 Å². The minimum absolute atomic E-state index is 0.0813. The first-order valence-electron chi connectivity index (χ1n) is 12.9. The topological polar surface area (TPSA) is 60.8 Å². The number of benzene rings is 2. The summed E-state index contributed by atoms with van der Waals surface area (Å²) < 4.78 is 19.6. The van der Waals surface area contributed by atoms with Crippen LogP contribution in [0.3, 0.4) is 0 Å². The Kier molecular flexibility index (Phi) is 6.98. The average molecular weight is 527 g/mol. The Morgan fingerprint density at radius 2 is 1.74 bits per heavy atom. The van der Waals surface area contributed by atoms with E-state index >= 15 is 0 Å². The Hall–Kier alpha value is -3.88. The van der Waals surface area contributed by atoms with E-state index in [1.807, 2.05) is 66.9 Å². The standard InChI is InChI=1S/C30H30N4O3S/c1-35-22-13-15-24(16-14-22)37-23-11-9-21(10-12-23)34-29(28(32-30(34)38)26-7-2-3-17-31-26)27-8-4-18-33(27)20-25-6-5-19-36-25/h2-4,7-18,25,28-29H,5-6,19-20H2,1H3,(H,32,38). The fraction of sp³-hybridized carbons (Fsp3) is 0.267. The number of pyridine rings is 1. The molecule has 2 aliphatic heterocycles. The summed E-state index contributed by atoms with van der Waals surface area (Å²) in [4.78, 5) is 6.87. The quantitative estimate of drug-likeness (QED) is 0.281. The molecule has 1 N–H and O–H groups in total. The van der Waals surface area contributed by atoms with Crippen molar-refractivity contribution in [2.24, 2.45) is 0 Å². The lowest BCUT2D eigenvalue weighted by molar-refractivity contribution is 0.0961. The molecule has 0 amide bonds. The van der Waals surface area contributed by atoms with Gasteiger partial charge in [0.1, 0.15) is 23.3 Å². The van der Waals surface area contributed by atoms with Gasteiger partial charge >= 0.3 is 0 Å². The van der Waals surface area contributed by atoms with E-state index in [-0.39, 0.29) is 18.2 Å². The molecule has 6 rings (SSSR count). The maximum atomic E-state index is 6.05. The molecule has 4 heterocycles. The predicted molar refractivity (Wildman–Crippen MR) is 151 cm³/mol. The Balaban J connectivity index is 1.31. The summed E-state index contributed by atoms with van der Waals surface area (Å²) in [7, 11) is 1.65. The molecule has 7 nitrogen and oxygen atoms in total. The first kappa shape index (κ1) is 24.5. The van der Waals surface area contributed by atoms with Crippen molar-refractivity contribution in [3.8, 4) is 17.2 Å². The second-order valence-corrected chi connectivity index (χ2v) is 9.88. The van der Waals surface area contributed by atoms with Crippen molar-refractivity contribution in [1.29, 1.82) is 0 Å². The van der Waals surface area contributed by atoms with E-state index in [1.165, 1.54) is 5.69 Å². The summed E-state index contributed by atoms with van der Waals surface area (Å²) in [6, 6.07) is 25.7. The van der Waals surface area contributed by atoms with Crippen LogP contribution in [0, 0.1) is 0 Å². The molecule has 38 heavy (non-hydrogen) atoms. The van der Waals surface area contributed by atoms with Gasteiger partial charge in [0, 0.05) is 36.9 Å². The number of aromatic nitrogens is 2. The van der Waals surface area contributed by atoms with Gasteiger partial charge in [0.25, 0.3) is 0 Å². The molecule has 194 valence electrons. The number of nitrogens with zero attached hydrogens (tertiary/aromatic N) is 3. The summed E-state index contributed by atoms with van der Waals surface area (Å²) in [6.07, 6.45) is 6.40. The molecule has 0 saturated carbocycles. The first-order valence-corrected chi connectivity index (χ1v) is 13.3. The van der Waals surface area contributed by atoms with Crippen LogP contribution < -0.4 is 19.7 Å². The predicted octanol–water partition coefficient (Wildman–Crippen LogP) is 6.04. The van der Waals surface area contributed by atoms with Gasteiger partial charge in [-0.05, 0) is 97.9 Å². The fourth-order valence-electron chi connectivity index (χ4n) is 5.26. The maximum absolute atomic E-state index is 6.05. The first-order chi connectivity index (χ1) is 18.7.